The zero-order valence-corrected chi connectivity index (χ0v) is 11.4. The number of amides is 1. The molecular formula is C14H19N3O3. The summed E-state index contributed by atoms with van der Waals surface area (Å²) in [5.41, 5.74) is 0.532. The molecule has 0 bridgehead atoms. The number of carbonyl (C=O) groups is 2. The summed E-state index contributed by atoms with van der Waals surface area (Å²) in [5.74, 6) is -1.16. The Hall–Kier alpha value is -1.85. The molecule has 2 fully saturated rings. The minimum atomic E-state index is -0.961. The molecule has 0 atom stereocenters. The number of carbonyl (C=O) groups excluding carboxylic acids is 1. The first-order chi connectivity index (χ1) is 9.66. The predicted molar refractivity (Wildman–Crippen MR) is 71.4 cm³/mol. The Morgan fingerprint density at radius 1 is 1.30 bits per heavy atom. The largest absolute Gasteiger partial charge is 0.480 e. The quantitative estimate of drug-likeness (QED) is 0.888. The molecule has 108 valence electrons. The normalized spacial score (nSPS) is 19.2. The van der Waals surface area contributed by atoms with Gasteiger partial charge in [-0.3, -0.25) is 14.3 Å². The lowest BCUT2D eigenvalue weighted by Gasteiger charge is -2.22. The lowest BCUT2D eigenvalue weighted by atomic mass is 10.2. The monoisotopic (exact) mass is 277 g/mol. The SMILES string of the molecule is O=C(O)CN(C(=O)c1ccnn1C1CCCC1)C1CC1. The van der Waals surface area contributed by atoms with E-state index in [1.54, 1.807) is 16.9 Å². The maximum Gasteiger partial charge on any atom is 0.323 e. The highest BCUT2D eigenvalue weighted by atomic mass is 16.4. The second-order valence-corrected chi connectivity index (χ2v) is 5.66. The molecule has 1 aromatic heterocycles. The van der Waals surface area contributed by atoms with E-state index in [-0.39, 0.29) is 24.5 Å². The third-order valence-corrected chi connectivity index (χ3v) is 4.11. The Morgan fingerprint density at radius 3 is 2.60 bits per heavy atom. The fraction of sp³-hybridized carbons (Fsp3) is 0.643. The van der Waals surface area contributed by atoms with Crippen LogP contribution in [0.25, 0.3) is 0 Å². The molecule has 2 aliphatic rings. The van der Waals surface area contributed by atoms with Gasteiger partial charge >= 0.3 is 5.97 Å². The van der Waals surface area contributed by atoms with Crippen LogP contribution in [0.1, 0.15) is 55.1 Å². The van der Waals surface area contributed by atoms with E-state index < -0.39 is 5.97 Å². The first-order valence-corrected chi connectivity index (χ1v) is 7.23. The van der Waals surface area contributed by atoms with E-state index in [2.05, 4.69) is 5.10 Å². The minimum Gasteiger partial charge on any atom is -0.480 e. The van der Waals surface area contributed by atoms with Gasteiger partial charge in [-0.15, -0.1) is 0 Å². The van der Waals surface area contributed by atoms with Crippen LogP contribution in [0.4, 0.5) is 0 Å². The molecule has 0 aliphatic heterocycles. The van der Waals surface area contributed by atoms with Crippen LogP contribution in [-0.4, -0.2) is 44.3 Å². The number of aliphatic carboxylic acids is 1. The van der Waals surface area contributed by atoms with Crippen LogP contribution in [0.15, 0.2) is 12.3 Å². The summed E-state index contributed by atoms with van der Waals surface area (Å²) in [7, 11) is 0. The second kappa shape index (κ2) is 5.26. The first-order valence-electron chi connectivity index (χ1n) is 7.23. The molecule has 1 N–H and O–H groups in total. The van der Waals surface area contributed by atoms with E-state index in [9.17, 15) is 9.59 Å². The summed E-state index contributed by atoms with van der Waals surface area (Å²) in [6.07, 6.45) is 7.86. The second-order valence-electron chi connectivity index (χ2n) is 5.66. The van der Waals surface area contributed by atoms with E-state index in [0.717, 1.165) is 25.7 Å². The molecule has 1 aromatic rings. The van der Waals surface area contributed by atoms with Gasteiger partial charge in [-0.2, -0.15) is 5.10 Å². The van der Waals surface area contributed by atoms with Crippen molar-refractivity contribution in [2.24, 2.45) is 0 Å². The summed E-state index contributed by atoms with van der Waals surface area (Å²) in [6.45, 7) is -0.223. The van der Waals surface area contributed by atoms with E-state index in [4.69, 9.17) is 5.11 Å². The van der Waals surface area contributed by atoms with Crippen molar-refractivity contribution < 1.29 is 14.7 Å². The topological polar surface area (TPSA) is 75.4 Å². The van der Waals surface area contributed by atoms with Gasteiger partial charge in [-0.05, 0) is 31.7 Å². The number of carboxylic acids is 1. The standard InChI is InChI=1S/C14H19N3O3/c18-13(19)9-16(10-5-6-10)14(20)12-7-8-15-17(12)11-3-1-2-4-11/h7-8,10-11H,1-6,9H2,(H,18,19). The Labute approximate surface area is 117 Å². The molecule has 0 aromatic carbocycles. The zero-order valence-electron chi connectivity index (χ0n) is 11.4. The first kappa shape index (κ1) is 13.1. The molecular weight excluding hydrogens is 258 g/mol. The molecule has 6 heteroatoms. The van der Waals surface area contributed by atoms with Gasteiger partial charge in [0, 0.05) is 12.2 Å². The smallest absolute Gasteiger partial charge is 0.323 e. The Kier molecular flexibility index (Phi) is 3.46. The van der Waals surface area contributed by atoms with Crippen LogP contribution in [0, 0.1) is 0 Å². The molecule has 0 unspecified atom stereocenters. The van der Waals surface area contributed by atoms with E-state index in [1.165, 1.54) is 17.7 Å². The minimum absolute atomic E-state index is 0.0885. The third kappa shape index (κ3) is 2.55. The van der Waals surface area contributed by atoms with Gasteiger partial charge < -0.3 is 10.0 Å². The number of hydrogen-bond acceptors (Lipinski definition) is 3. The highest BCUT2D eigenvalue weighted by Crippen LogP contribution is 2.32. The van der Waals surface area contributed by atoms with Crippen LogP contribution < -0.4 is 0 Å². The van der Waals surface area contributed by atoms with E-state index in [0.29, 0.717) is 5.69 Å². The van der Waals surface area contributed by atoms with Crippen molar-refractivity contribution in [2.75, 3.05) is 6.54 Å². The molecule has 20 heavy (non-hydrogen) atoms. The molecule has 1 amide bonds. The van der Waals surface area contributed by atoms with Gasteiger partial charge in [0.25, 0.3) is 5.91 Å². The Bertz CT molecular complexity index is 515. The van der Waals surface area contributed by atoms with Crippen LogP contribution in [-0.2, 0) is 4.79 Å². The number of hydrogen-bond donors (Lipinski definition) is 1. The molecule has 6 nitrogen and oxygen atoms in total. The van der Waals surface area contributed by atoms with Crippen molar-refractivity contribution >= 4 is 11.9 Å². The number of aromatic nitrogens is 2. The maximum absolute atomic E-state index is 12.6. The molecule has 2 aliphatic carbocycles. The molecule has 0 saturated heterocycles. The van der Waals surface area contributed by atoms with Gasteiger partial charge in [0.05, 0.1) is 6.04 Å². The molecule has 0 spiro atoms. The lowest BCUT2D eigenvalue weighted by Crippen LogP contribution is -2.38. The average molecular weight is 277 g/mol. The zero-order chi connectivity index (χ0) is 14.1. The van der Waals surface area contributed by atoms with Crippen molar-refractivity contribution in [2.45, 2.75) is 50.6 Å². The predicted octanol–water partition coefficient (Wildman–Crippen LogP) is 1.69. The van der Waals surface area contributed by atoms with Crippen LogP contribution >= 0.6 is 0 Å². The van der Waals surface area contributed by atoms with Gasteiger partial charge in [0.1, 0.15) is 12.2 Å². The van der Waals surface area contributed by atoms with Crippen molar-refractivity contribution in [1.29, 1.82) is 0 Å². The van der Waals surface area contributed by atoms with Crippen LogP contribution in [0.3, 0.4) is 0 Å². The van der Waals surface area contributed by atoms with Gasteiger partial charge in [0.15, 0.2) is 0 Å². The average Bonchev–Trinajstić information content (AvgIpc) is 2.93. The number of nitrogens with zero attached hydrogens (tertiary/aromatic N) is 3. The summed E-state index contributed by atoms with van der Waals surface area (Å²) in [4.78, 5) is 25.0. The maximum atomic E-state index is 12.6. The summed E-state index contributed by atoms with van der Waals surface area (Å²) < 4.78 is 1.80. The van der Waals surface area contributed by atoms with Crippen molar-refractivity contribution in [3.8, 4) is 0 Å². The van der Waals surface area contributed by atoms with Crippen molar-refractivity contribution in [3.05, 3.63) is 18.0 Å². The van der Waals surface area contributed by atoms with Crippen LogP contribution in [0.2, 0.25) is 0 Å². The van der Waals surface area contributed by atoms with Crippen LogP contribution in [0.5, 0.6) is 0 Å². The molecule has 3 rings (SSSR count). The molecule has 1 heterocycles. The highest BCUT2D eigenvalue weighted by molar-refractivity contribution is 5.94. The summed E-state index contributed by atoms with van der Waals surface area (Å²) in [6, 6.07) is 2.08. The summed E-state index contributed by atoms with van der Waals surface area (Å²) in [5, 5.41) is 13.3. The lowest BCUT2D eigenvalue weighted by molar-refractivity contribution is -0.137. The van der Waals surface area contributed by atoms with Crippen molar-refractivity contribution in [3.63, 3.8) is 0 Å². The highest BCUT2D eigenvalue weighted by Gasteiger charge is 2.36. The summed E-state index contributed by atoms with van der Waals surface area (Å²) >= 11 is 0. The fourth-order valence-electron chi connectivity index (χ4n) is 2.97. The third-order valence-electron chi connectivity index (χ3n) is 4.11. The Morgan fingerprint density at radius 2 is 2.00 bits per heavy atom. The van der Waals surface area contributed by atoms with E-state index in [1.807, 2.05) is 0 Å². The van der Waals surface area contributed by atoms with Gasteiger partial charge in [-0.1, -0.05) is 12.8 Å². The molecule has 0 radical (unpaired) electrons. The van der Waals surface area contributed by atoms with Crippen molar-refractivity contribution in [1.82, 2.24) is 14.7 Å². The van der Waals surface area contributed by atoms with Gasteiger partial charge in [-0.25, -0.2) is 0 Å². The number of carboxylic acid groups (broad SMARTS) is 1. The molecule has 2 saturated carbocycles. The van der Waals surface area contributed by atoms with E-state index >= 15 is 0 Å². The Balaban J connectivity index is 1.81. The number of rotatable bonds is 5. The van der Waals surface area contributed by atoms with Gasteiger partial charge in [0.2, 0.25) is 0 Å². The fourth-order valence-corrected chi connectivity index (χ4v) is 2.97.